The molecular formula is C13H16N4O4. The molecule has 8 heteroatoms. The third-order valence-corrected chi connectivity index (χ3v) is 3.44. The second-order valence-electron chi connectivity index (χ2n) is 4.89. The van der Waals surface area contributed by atoms with Gasteiger partial charge in [0.15, 0.2) is 0 Å². The van der Waals surface area contributed by atoms with Gasteiger partial charge in [-0.25, -0.2) is 0 Å². The van der Waals surface area contributed by atoms with E-state index in [0.717, 1.165) is 38.1 Å². The summed E-state index contributed by atoms with van der Waals surface area (Å²) in [6, 6.07) is 4.45. The van der Waals surface area contributed by atoms with Gasteiger partial charge in [-0.1, -0.05) is 0 Å². The molecule has 21 heavy (non-hydrogen) atoms. The Morgan fingerprint density at radius 3 is 2.38 bits per heavy atom. The summed E-state index contributed by atoms with van der Waals surface area (Å²) >= 11 is 0. The van der Waals surface area contributed by atoms with E-state index in [-0.39, 0.29) is 5.69 Å². The molecule has 112 valence electrons. The molecule has 8 nitrogen and oxygen atoms in total. The second kappa shape index (κ2) is 6.31. The number of likely N-dealkylation sites (N-methyl/N-ethyl adjacent to an activating group) is 1. The molecule has 0 bridgehead atoms. The smallest absolute Gasteiger partial charge is 0.270 e. The van der Waals surface area contributed by atoms with Gasteiger partial charge < -0.3 is 9.80 Å². The third-order valence-electron chi connectivity index (χ3n) is 3.44. The van der Waals surface area contributed by atoms with Crippen LogP contribution >= 0.6 is 0 Å². The first-order chi connectivity index (χ1) is 9.97. The van der Waals surface area contributed by atoms with Crippen molar-refractivity contribution in [1.82, 2.24) is 4.90 Å². The number of anilines is 1. The molecule has 0 saturated carbocycles. The molecule has 0 spiro atoms. The van der Waals surface area contributed by atoms with Gasteiger partial charge in [0.1, 0.15) is 0 Å². The summed E-state index contributed by atoms with van der Waals surface area (Å²) in [4.78, 5) is 24.5. The SMILES string of the molecule is CN1CCN(c2ccc([N+](=O)[O-])cc2/C=C/[N+](=O)[O-])CC1. The summed E-state index contributed by atoms with van der Waals surface area (Å²) in [7, 11) is 2.03. The Hall–Kier alpha value is -2.48. The van der Waals surface area contributed by atoms with E-state index < -0.39 is 9.85 Å². The van der Waals surface area contributed by atoms with Crippen molar-refractivity contribution in [2.75, 3.05) is 38.1 Å². The van der Waals surface area contributed by atoms with Gasteiger partial charge in [-0.15, -0.1) is 0 Å². The highest BCUT2D eigenvalue weighted by Gasteiger charge is 2.18. The minimum absolute atomic E-state index is 0.0733. The molecule has 1 aliphatic heterocycles. The van der Waals surface area contributed by atoms with Crippen LogP contribution in [0.5, 0.6) is 0 Å². The molecule has 0 aromatic heterocycles. The van der Waals surface area contributed by atoms with Crippen molar-refractivity contribution in [3.63, 3.8) is 0 Å². The molecular weight excluding hydrogens is 276 g/mol. The summed E-state index contributed by atoms with van der Waals surface area (Å²) in [6.07, 6.45) is 2.11. The zero-order valence-corrected chi connectivity index (χ0v) is 11.6. The Kier molecular flexibility index (Phi) is 4.49. The number of non-ortho nitro benzene ring substituents is 1. The number of rotatable bonds is 4. The molecule has 0 unspecified atom stereocenters. The first-order valence-electron chi connectivity index (χ1n) is 6.51. The Morgan fingerprint density at radius 1 is 1.14 bits per heavy atom. The molecule has 1 heterocycles. The molecule has 0 atom stereocenters. The van der Waals surface area contributed by atoms with Crippen molar-refractivity contribution in [2.45, 2.75) is 0 Å². The summed E-state index contributed by atoms with van der Waals surface area (Å²) < 4.78 is 0. The van der Waals surface area contributed by atoms with Crippen LogP contribution in [-0.4, -0.2) is 48.0 Å². The van der Waals surface area contributed by atoms with Crippen molar-refractivity contribution >= 4 is 17.5 Å². The summed E-state index contributed by atoms with van der Waals surface area (Å²) in [5.41, 5.74) is 1.20. The van der Waals surface area contributed by atoms with Crippen LogP contribution in [-0.2, 0) is 0 Å². The van der Waals surface area contributed by atoms with E-state index in [1.165, 1.54) is 18.2 Å². The van der Waals surface area contributed by atoms with Crippen molar-refractivity contribution < 1.29 is 9.85 Å². The van der Waals surface area contributed by atoms with E-state index in [0.29, 0.717) is 5.56 Å². The van der Waals surface area contributed by atoms with E-state index in [2.05, 4.69) is 9.80 Å². The average Bonchev–Trinajstić information content (AvgIpc) is 2.45. The van der Waals surface area contributed by atoms with Crippen LogP contribution in [0.25, 0.3) is 6.08 Å². The van der Waals surface area contributed by atoms with Crippen LogP contribution in [0.4, 0.5) is 11.4 Å². The minimum atomic E-state index is -0.577. The lowest BCUT2D eigenvalue weighted by Gasteiger charge is -2.34. The fourth-order valence-corrected chi connectivity index (χ4v) is 2.27. The quantitative estimate of drug-likeness (QED) is 0.618. The van der Waals surface area contributed by atoms with Crippen molar-refractivity contribution in [3.8, 4) is 0 Å². The van der Waals surface area contributed by atoms with Gasteiger partial charge in [0.25, 0.3) is 5.69 Å². The summed E-state index contributed by atoms with van der Waals surface area (Å²) in [6.45, 7) is 3.34. The zero-order valence-electron chi connectivity index (χ0n) is 11.6. The summed E-state index contributed by atoms with van der Waals surface area (Å²) in [5, 5.41) is 21.3. The molecule has 1 aromatic carbocycles. The van der Waals surface area contributed by atoms with Crippen LogP contribution in [0.3, 0.4) is 0 Å². The number of hydrogen-bond donors (Lipinski definition) is 0. The van der Waals surface area contributed by atoms with Gasteiger partial charge in [-0.3, -0.25) is 20.2 Å². The highest BCUT2D eigenvalue weighted by molar-refractivity contribution is 5.70. The van der Waals surface area contributed by atoms with Crippen LogP contribution in [0.1, 0.15) is 5.56 Å². The van der Waals surface area contributed by atoms with Crippen LogP contribution < -0.4 is 4.90 Å². The van der Waals surface area contributed by atoms with Crippen LogP contribution in [0.2, 0.25) is 0 Å². The van der Waals surface area contributed by atoms with Gasteiger partial charge in [-0.2, -0.15) is 0 Å². The Labute approximate surface area is 121 Å². The number of nitrogens with zero attached hydrogens (tertiary/aromatic N) is 4. The Morgan fingerprint density at radius 2 is 1.81 bits per heavy atom. The Balaban J connectivity index is 2.34. The third kappa shape index (κ3) is 3.76. The van der Waals surface area contributed by atoms with Gasteiger partial charge >= 0.3 is 0 Å². The van der Waals surface area contributed by atoms with E-state index in [4.69, 9.17) is 0 Å². The maximum Gasteiger partial charge on any atom is 0.270 e. The lowest BCUT2D eigenvalue weighted by molar-refractivity contribution is -0.400. The number of benzene rings is 1. The lowest BCUT2D eigenvalue weighted by Crippen LogP contribution is -2.44. The number of piperazine rings is 1. The highest BCUT2D eigenvalue weighted by atomic mass is 16.6. The van der Waals surface area contributed by atoms with Gasteiger partial charge in [0.05, 0.1) is 9.85 Å². The Bertz CT molecular complexity index is 580. The molecule has 2 rings (SSSR count). The van der Waals surface area contributed by atoms with Gasteiger partial charge in [0, 0.05) is 55.6 Å². The predicted octanol–water partition coefficient (Wildman–Crippen LogP) is 1.59. The number of nitro groups is 2. The molecule has 1 saturated heterocycles. The van der Waals surface area contributed by atoms with E-state index in [9.17, 15) is 20.2 Å². The summed E-state index contributed by atoms with van der Waals surface area (Å²) in [5.74, 6) is 0. The molecule has 1 aliphatic rings. The first kappa shape index (κ1) is 14.9. The molecule has 0 N–H and O–H groups in total. The van der Waals surface area contributed by atoms with Crippen LogP contribution in [0.15, 0.2) is 24.4 Å². The van der Waals surface area contributed by atoms with Crippen molar-refractivity contribution in [3.05, 3.63) is 50.2 Å². The first-order valence-corrected chi connectivity index (χ1v) is 6.51. The standard InChI is InChI=1S/C13H16N4O4/c1-14-6-8-15(9-7-14)13-3-2-12(17(20)21)10-11(13)4-5-16(18)19/h2-5,10H,6-9H2,1H3/b5-4+. The van der Waals surface area contributed by atoms with Crippen molar-refractivity contribution in [2.24, 2.45) is 0 Å². The van der Waals surface area contributed by atoms with Gasteiger partial charge in [0.2, 0.25) is 6.20 Å². The molecule has 1 aromatic rings. The van der Waals surface area contributed by atoms with E-state index in [1.54, 1.807) is 6.07 Å². The molecule has 1 fully saturated rings. The number of nitro benzene ring substituents is 1. The maximum absolute atomic E-state index is 10.8. The maximum atomic E-state index is 10.8. The van der Waals surface area contributed by atoms with E-state index >= 15 is 0 Å². The zero-order chi connectivity index (χ0) is 15.4. The topological polar surface area (TPSA) is 92.8 Å². The van der Waals surface area contributed by atoms with Crippen LogP contribution in [0, 0.1) is 20.2 Å². The predicted molar refractivity (Wildman–Crippen MR) is 78.8 cm³/mol. The fraction of sp³-hybridized carbons (Fsp3) is 0.385. The largest absolute Gasteiger partial charge is 0.368 e. The minimum Gasteiger partial charge on any atom is -0.368 e. The molecule has 0 amide bonds. The van der Waals surface area contributed by atoms with Crippen molar-refractivity contribution in [1.29, 1.82) is 0 Å². The second-order valence-corrected chi connectivity index (χ2v) is 4.89. The lowest BCUT2D eigenvalue weighted by atomic mass is 10.1. The van der Waals surface area contributed by atoms with E-state index in [1.807, 2.05) is 7.05 Å². The molecule has 0 radical (unpaired) electrons. The van der Waals surface area contributed by atoms with Gasteiger partial charge in [-0.05, 0) is 13.1 Å². The fourth-order valence-electron chi connectivity index (χ4n) is 2.27. The highest BCUT2D eigenvalue weighted by Crippen LogP contribution is 2.27. The molecule has 0 aliphatic carbocycles. The monoisotopic (exact) mass is 292 g/mol. The number of hydrogen-bond acceptors (Lipinski definition) is 6. The average molecular weight is 292 g/mol. The normalized spacial score (nSPS) is 16.3.